The molecule has 27 heavy (non-hydrogen) atoms. The van der Waals surface area contributed by atoms with Gasteiger partial charge in [-0.15, -0.1) is 0 Å². The number of H-pyrrole nitrogens is 1. The molecule has 0 fully saturated rings. The van der Waals surface area contributed by atoms with Crippen LogP contribution >= 0.6 is 0 Å². The molecule has 5 heteroatoms. The van der Waals surface area contributed by atoms with Gasteiger partial charge in [0.2, 0.25) is 0 Å². The van der Waals surface area contributed by atoms with Gasteiger partial charge in [0.25, 0.3) is 0 Å². The molecule has 2 amide bonds. The average Bonchev–Trinajstić information content (AvgIpc) is 3.10. The van der Waals surface area contributed by atoms with E-state index < -0.39 is 0 Å². The SMILES string of the molecule is O=C(Nc1ccccc1)Nc1ccc2[nH]cc(CCc3ccncc3)c2c1. The molecule has 2 heterocycles. The number of urea groups is 1. The van der Waals surface area contributed by atoms with Crippen molar-refractivity contribution < 1.29 is 4.79 Å². The smallest absolute Gasteiger partial charge is 0.323 e. The van der Waals surface area contributed by atoms with E-state index in [1.807, 2.05) is 79.3 Å². The van der Waals surface area contributed by atoms with Crippen LogP contribution in [0.15, 0.2) is 79.3 Å². The van der Waals surface area contributed by atoms with Crippen LogP contribution in [0, 0.1) is 0 Å². The summed E-state index contributed by atoms with van der Waals surface area (Å²) in [5.41, 5.74) is 5.08. The average molecular weight is 356 g/mol. The quantitative estimate of drug-likeness (QED) is 0.471. The Labute approximate surface area is 157 Å². The van der Waals surface area contributed by atoms with Crippen molar-refractivity contribution in [3.8, 4) is 0 Å². The molecular weight excluding hydrogens is 336 g/mol. The van der Waals surface area contributed by atoms with Crippen molar-refractivity contribution in [2.45, 2.75) is 12.8 Å². The molecule has 5 nitrogen and oxygen atoms in total. The van der Waals surface area contributed by atoms with Gasteiger partial charge >= 0.3 is 6.03 Å². The van der Waals surface area contributed by atoms with Crippen LogP contribution in [0.4, 0.5) is 16.2 Å². The minimum atomic E-state index is -0.255. The fourth-order valence-electron chi connectivity index (χ4n) is 3.11. The van der Waals surface area contributed by atoms with E-state index >= 15 is 0 Å². The Morgan fingerprint density at radius 1 is 0.889 bits per heavy atom. The zero-order valence-corrected chi connectivity index (χ0v) is 14.8. The lowest BCUT2D eigenvalue weighted by Gasteiger charge is -2.08. The van der Waals surface area contributed by atoms with Gasteiger partial charge in [-0.1, -0.05) is 18.2 Å². The third-order valence-corrected chi connectivity index (χ3v) is 4.49. The standard InChI is InChI=1S/C22H20N4O/c27-22(25-18-4-2-1-3-5-18)26-19-8-9-21-20(14-19)17(15-24-21)7-6-16-10-12-23-13-11-16/h1-5,8-15,24H,6-7H2,(H2,25,26,27). The summed E-state index contributed by atoms with van der Waals surface area (Å²) in [6.45, 7) is 0. The van der Waals surface area contributed by atoms with Gasteiger partial charge in [0.1, 0.15) is 0 Å². The molecule has 3 N–H and O–H groups in total. The van der Waals surface area contributed by atoms with Crippen molar-refractivity contribution >= 4 is 28.3 Å². The van der Waals surface area contributed by atoms with Gasteiger partial charge < -0.3 is 15.6 Å². The minimum Gasteiger partial charge on any atom is -0.361 e. The Morgan fingerprint density at radius 3 is 2.48 bits per heavy atom. The lowest BCUT2D eigenvalue weighted by atomic mass is 10.0. The zero-order chi connectivity index (χ0) is 18.5. The highest BCUT2D eigenvalue weighted by Crippen LogP contribution is 2.24. The monoisotopic (exact) mass is 356 g/mol. The van der Waals surface area contributed by atoms with Crippen LogP contribution in [0.3, 0.4) is 0 Å². The van der Waals surface area contributed by atoms with Gasteiger partial charge in [-0.05, 0) is 66.4 Å². The predicted octanol–water partition coefficient (Wildman–Crippen LogP) is 4.99. The number of aromatic nitrogens is 2. The summed E-state index contributed by atoms with van der Waals surface area (Å²) in [7, 11) is 0. The van der Waals surface area contributed by atoms with Crippen molar-refractivity contribution in [1.29, 1.82) is 0 Å². The third-order valence-electron chi connectivity index (χ3n) is 4.49. The van der Waals surface area contributed by atoms with Crippen molar-refractivity contribution in [3.63, 3.8) is 0 Å². The second kappa shape index (κ2) is 7.74. The number of rotatable bonds is 5. The summed E-state index contributed by atoms with van der Waals surface area (Å²) in [5.74, 6) is 0. The fourth-order valence-corrected chi connectivity index (χ4v) is 3.11. The predicted molar refractivity (Wildman–Crippen MR) is 109 cm³/mol. The largest absolute Gasteiger partial charge is 0.361 e. The number of pyridine rings is 1. The van der Waals surface area contributed by atoms with Gasteiger partial charge in [0.15, 0.2) is 0 Å². The van der Waals surface area contributed by atoms with E-state index in [2.05, 4.69) is 20.6 Å². The number of nitrogens with one attached hydrogen (secondary N) is 3. The maximum Gasteiger partial charge on any atom is 0.323 e. The number of hydrogen-bond donors (Lipinski definition) is 3. The Hall–Kier alpha value is -3.60. The Kier molecular flexibility index (Phi) is 4.83. The molecule has 0 radical (unpaired) electrons. The van der Waals surface area contributed by atoms with Crippen molar-refractivity contribution in [3.05, 3.63) is 90.4 Å². The van der Waals surface area contributed by atoms with Crippen molar-refractivity contribution in [2.24, 2.45) is 0 Å². The van der Waals surface area contributed by atoms with Gasteiger partial charge in [0.05, 0.1) is 0 Å². The number of para-hydroxylation sites is 1. The first-order valence-electron chi connectivity index (χ1n) is 8.90. The van der Waals surface area contributed by atoms with Crippen LogP contribution < -0.4 is 10.6 Å². The highest BCUT2D eigenvalue weighted by Gasteiger charge is 2.08. The summed E-state index contributed by atoms with van der Waals surface area (Å²) in [6.07, 6.45) is 7.54. The van der Waals surface area contributed by atoms with Gasteiger partial charge in [-0.3, -0.25) is 4.98 Å². The minimum absolute atomic E-state index is 0.255. The van der Waals surface area contributed by atoms with Crippen LogP contribution in [0.1, 0.15) is 11.1 Å². The molecule has 4 aromatic rings. The van der Waals surface area contributed by atoms with E-state index in [4.69, 9.17) is 0 Å². The highest BCUT2D eigenvalue weighted by molar-refractivity contribution is 6.01. The normalized spacial score (nSPS) is 10.7. The van der Waals surface area contributed by atoms with Gasteiger partial charge in [-0.25, -0.2) is 4.79 Å². The van der Waals surface area contributed by atoms with E-state index in [9.17, 15) is 4.79 Å². The van der Waals surface area contributed by atoms with Gasteiger partial charge in [0, 0.05) is 40.9 Å². The molecular formula is C22H20N4O. The van der Waals surface area contributed by atoms with E-state index in [1.165, 1.54) is 11.1 Å². The van der Waals surface area contributed by atoms with Crippen LogP contribution in [0.5, 0.6) is 0 Å². The zero-order valence-electron chi connectivity index (χ0n) is 14.8. The Balaban J connectivity index is 1.47. The first kappa shape index (κ1) is 16.8. The first-order chi connectivity index (χ1) is 13.3. The van der Waals surface area contributed by atoms with E-state index in [0.29, 0.717) is 0 Å². The van der Waals surface area contributed by atoms with Crippen LogP contribution in [0.2, 0.25) is 0 Å². The second-order valence-corrected chi connectivity index (χ2v) is 6.37. The number of nitrogens with zero attached hydrogens (tertiary/aromatic N) is 1. The lowest BCUT2D eigenvalue weighted by Crippen LogP contribution is -2.19. The number of carbonyl (C=O) groups is 1. The molecule has 0 aliphatic rings. The number of amides is 2. The molecule has 4 rings (SSSR count). The molecule has 0 saturated heterocycles. The molecule has 0 aliphatic carbocycles. The molecule has 0 saturated carbocycles. The summed E-state index contributed by atoms with van der Waals surface area (Å²) < 4.78 is 0. The summed E-state index contributed by atoms with van der Waals surface area (Å²) in [6, 6.07) is 19.1. The fraction of sp³-hybridized carbons (Fsp3) is 0.0909. The lowest BCUT2D eigenvalue weighted by molar-refractivity contribution is 0.262. The molecule has 0 spiro atoms. The topological polar surface area (TPSA) is 69.8 Å². The molecule has 0 aliphatic heterocycles. The van der Waals surface area contributed by atoms with E-state index in [-0.39, 0.29) is 6.03 Å². The Morgan fingerprint density at radius 2 is 1.67 bits per heavy atom. The second-order valence-electron chi connectivity index (χ2n) is 6.37. The van der Waals surface area contributed by atoms with E-state index in [1.54, 1.807) is 0 Å². The molecule has 0 unspecified atom stereocenters. The van der Waals surface area contributed by atoms with Crippen molar-refractivity contribution in [2.75, 3.05) is 10.6 Å². The molecule has 134 valence electrons. The molecule has 2 aromatic heterocycles. The summed E-state index contributed by atoms with van der Waals surface area (Å²) >= 11 is 0. The number of anilines is 2. The number of aromatic amines is 1. The summed E-state index contributed by atoms with van der Waals surface area (Å²) in [5, 5.41) is 6.86. The van der Waals surface area contributed by atoms with Crippen molar-refractivity contribution in [1.82, 2.24) is 9.97 Å². The van der Waals surface area contributed by atoms with Crippen LogP contribution in [-0.4, -0.2) is 16.0 Å². The third kappa shape index (κ3) is 4.15. The number of fused-ring (bicyclic) bond motifs is 1. The maximum atomic E-state index is 12.2. The van der Waals surface area contributed by atoms with E-state index in [0.717, 1.165) is 35.1 Å². The molecule has 0 atom stereocenters. The van der Waals surface area contributed by atoms with Crippen LogP contribution in [-0.2, 0) is 12.8 Å². The molecule has 2 aromatic carbocycles. The Bertz CT molecular complexity index is 1040. The number of aryl methyl sites for hydroxylation is 2. The van der Waals surface area contributed by atoms with Crippen LogP contribution in [0.25, 0.3) is 10.9 Å². The van der Waals surface area contributed by atoms with Gasteiger partial charge in [-0.2, -0.15) is 0 Å². The summed E-state index contributed by atoms with van der Waals surface area (Å²) in [4.78, 5) is 19.6. The number of carbonyl (C=O) groups excluding carboxylic acids is 1. The maximum absolute atomic E-state index is 12.2. The first-order valence-corrected chi connectivity index (χ1v) is 8.90. The number of benzene rings is 2. The highest BCUT2D eigenvalue weighted by atomic mass is 16.2. The molecule has 0 bridgehead atoms. The number of hydrogen-bond acceptors (Lipinski definition) is 2.